The lowest BCUT2D eigenvalue weighted by Gasteiger charge is -2.34. The molecule has 6 amide bonds. The lowest BCUT2D eigenvalue weighted by Crippen LogP contribution is -2.50. The van der Waals surface area contributed by atoms with Gasteiger partial charge in [-0.25, -0.2) is 24.4 Å². The summed E-state index contributed by atoms with van der Waals surface area (Å²) in [7, 11) is 2.48. The summed E-state index contributed by atoms with van der Waals surface area (Å²) in [6.07, 6.45) is -1.48. The van der Waals surface area contributed by atoms with Crippen molar-refractivity contribution in [2.24, 2.45) is 0 Å². The van der Waals surface area contributed by atoms with Gasteiger partial charge in [-0.1, -0.05) is 66.7 Å². The number of nitrogens with one attached hydrogen (secondary N) is 4. The average Bonchev–Trinajstić information content (AvgIpc) is 4.18. The number of imidazole rings is 2. The van der Waals surface area contributed by atoms with Crippen LogP contribution in [0, 0.1) is 0 Å². The molecule has 0 spiro atoms. The van der Waals surface area contributed by atoms with Crippen LogP contribution in [0.25, 0.3) is 22.1 Å². The molecule has 19 heteroatoms. The first-order valence-corrected chi connectivity index (χ1v) is 21.0. The maximum absolute atomic E-state index is 14.1. The summed E-state index contributed by atoms with van der Waals surface area (Å²) in [4.78, 5) is 90.0. The summed E-state index contributed by atoms with van der Waals surface area (Å²) >= 11 is 0. The number of carbonyl (C=O) groups is 5. The van der Waals surface area contributed by atoms with Gasteiger partial charge in [-0.2, -0.15) is 0 Å². The molecule has 0 radical (unpaired) electrons. The number of hydrogen-bond acceptors (Lipinski definition) is 11. The molecule has 2 aromatic heterocycles. The topological polar surface area (TPSA) is 217 Å². The van der Waals surface area contributed by atoms with E-state index in [0.29, 0.717) is 64.6 Å². The van der Waals surface area contributed by atoms with Crippen LogP contribution in [0.1, 0.15) is 54.3 Å². The molecule has 5 heterocycles. The van der Waals surface area contributed by atoms with E-state index in [4.69, 9.17) is 28.9 Å². The Labute approximate surface area is 373 Å². The average molecular weight is 885 g/mol. The Bertz CT molecular complexity index is 2780. The van der Waals surface area contributed by atoms with Crippen LogP contribution in [0.4, 0.5) is 20.1 Å². The van der Waals surface area contributed by atoms with Crippen molar-refractivity contribution in [2.45, 2.75) is 43.6 Å². The quantitative estimate of drug-likeness (QED) is 0.134. The fourth-order valence-corrected chi connectivity index (χ4v) is 8.67. The van der Waals surface area contributed by atoms with Crippen LogP contribution < -0.4 is 15.5 Å². The highest BCUT2D eigenvalue weighted by Crippen LogP contribution is 2.38. The Morgan fingerprint density at radius 2 is 1.18 bits per heavy atom. The highest BCUT2D eigenvalue weighted by molar-refractivity contribution is 5.96. The second kappa shape index (κ2) is 17.2. The monoisotopic (exact) mass is 884 g/mol. The zero-order valence-corrected chi connectivity index (χ0v) is 36.2. The van der Waals surface area contributed by atoms with E-state index in [1.165, 1.54) is 14.2 Å². The van der Waals surface area contributed by atoms with Crippen molar-refractivity contribution < 1.29 is 42.9 Å². The molecule has 0 aliphatic carbocycles. The van der Waals surface area contributed by atoms with Gasteiger partial charge in [-0.05, 0) is 60.9 Å². The smallest absolute Gasteiger partial charge is 0.407 e. The van der Waals surface area contributed by atoms with Crippen LogP contribution in [-0.2, 0) is 46.2 Å². The third-order valence-electron chi connectivity index (χ3n) is 12.4. The number of fused-ring (bicyclic) bond motifs is 2. The molecule has 0 unspecified atom stereocenters. The molecule has 65 heavy (non-hydrogen) atoms. The molecule has 3 saturated heterocycles. The molecule has 3 aliphatic heterocycles. The van der Waals surface area contributed by atoms with Gasteiger partial charge in [0, 0.05) is 25.3 Å². The first kappa shape index (κ1) is 42.8. The molecule has 3 fully saturated rings. The van der Waals surface area contributed by atoms with Crippen LogP contribution in [0.15, 0.2) is 97.1 Å². The number of amides is 6. The zero-order valence-electron chi connectivity index (χ0n) is 36.2. The molecule has 0 bridgehead atoms. The molecule has 336 valence electrons. The van der Waals surface area contributed by atoms with E-state index in [-0.39, 0.29) is 38.6 Å². The number of H-pyrrole nitrogens is 2. The first-order chi connectivity index (χ1) is 31.4. The minimum Gasteiger partial charge on any atom is -0.453 e. The Kier molecular flexibility index (Phi) is 11.3. The molecule has 19 nitrogen and oxygen atoms in total. The number of aromatic amines is 2. The summed E-state index contributed by atoms with van der Waals surface area (Å²) in [5.74, 6) is 0.235. The van der Waals surface area contributed by atoms with Crippen LogP contribution >= 0.6 is 0 Å². The number of rotatable bonds is 11. The highest BCUT2D eigenvalue weighted by atomic mass is 16.5. The van der Waals surface area contributed by atoms with Gasteiger partial charge in [-0.15, -0.1) is 0 Å². The minimum absolute atomic E-state index is 0.00689. The second-order valence-electron chi connectivity index (χ2n) is 16.6. The fraction of sp³-hybridized carbons (Fsp3) is 0.326. The standard InChI is InChI=1S/C46H48N10O9/c1-45(24-64-26-55(45)38(57)36(51-42(59)62-3)29-11-7-5-8-12-29)40-47-32-17-15-28(21-34(32)49-40)23-53-19-20-54(44(53)61)31-16-18-33-35(22-31)50-41(48-33)46(2)25-65-27-56(46)39(58)37(52-43(60)63-4)30-13-9-6-10-14-30/h5-18,21-22,36-37H,19-20,23-27H2,1-4H3,(H,47,49)(H,48,50)(H,51,59)(H,52,60)/t36-,37-,45-,46-/m1/s1. The van der Waals surface area contributed by atoms with Gasteiger partial charge >= 0.3 is 18.2 Å². The van der Waals surface area contributed by atoms with E-state index in [0.717, 1.165) is 11.1 Å². The van der Waals surface area contributed by atoms with Gasteiger partial charge in [0.1, 0.15) is 48.3 Å². The summed E-state index contributed by atoms with van der Waals surface area (Å²) in [5.41, 5.74) is 3.47. The zero-order chi connectivity index (χ0) is 45.5. The van der Waals surface area contributed by atoms with E-state index in [1.54, 1.807) is 68.1 Å². The van der Waals surface area contributed by atoms with E-state index in [1.807, 2.05) is 62.4 Å². The number of anilines is 1. The van der Waals surface area contributed by atoms with E-state index < -0.39 is 41.3 Å². The number of hydrogen-bond donors (Lipinski definition) is 4. The summed E-state index contributed by atoms with van der Waals surface area (Å²) in [6, 6.07) is 27.0. The molecule has 6 aromatic rings. The first-order valence-electron chi connectivity index (χ1n) is 21.0. The van der Waals surface area contributed by atoms with Crippen molar-refractivity contribution in [3.05, 3.63) is 125 Å². The SMILES string of the molecule is COC(=O)N[C@@H](C(=O)N1COC[C@]1(C)c1nc2ccc(CN3CCN(c4ccc5nc([C@@]6(C)COCN6C(=O)[C@H](NC(=O)OC)c6ccccc6)[nH]c5c4)C3=O)cc2[nH]1)c1ccccc1. The number of urea groups is 1. The predicted molar refractivity (Wildman–Crippen MR) is 235 cm³/mol. The Morgan fingerprint density at radius 1 is 0.692 bits per heavy atom. The van der Waals surface area contributed by atoms with Gasteiger partial charge in [0.2, 0.25) is 0 Å². The van der Waals surface area contributed by atoms with Crippen LogP contribution in [0.5, 0.6) is 0 Å². The van der Waals surface area contributed by atoms with Crippen molar-refractivity contribution in [3.8, 4) is 0 Å². The highest BCUT2D eigenvalue weighted by Gasteiger charge is 2.48. The summed E-state index contributed by atoms with van der Waals surface area (Å²) < 4.78 is 21.3. The lowest BCUT2D eigenvalue weighted by atomic mass is 9.98. The molecular formula is C46H48N10O9. The van der Waals surface area contributed by atoms with Crippen LogP contribution in [-0.4, -0.2) is 119 Å². The number of carbonyl (C=O) groups excluding carboxylic acids is 5. The van der Waals surface area contributed by atoms with E-state index in [2.05, 4.69) is 20.6 Å². The maximum Gasteiger partial charge on any atom is 0.407 e. The van der Waals surface area contributed by atoms with Crippen molar-refractivity contribution in [1.29, 1.82) is 0 Å². The molecule has 0 saturated carbocycles. The third-order valence-corrected chi connectivity index (χ3v) is 12.4. The molecule has 9 rings (SSSR count). The second-order valence-corrected chi connectivity index (χ2v) is 16.6. The predicted octanol–water partition coefficient (Wildman–Crippen LogP) is 5.14. The molecule has 4 N–H and O–H groups in total. The molecular weight excluding hydrogens is 837 g/mol. The number of nitrogens with zero attached hydrogens (tertiary/aromatic N) is 6. The summed E-state index contributed by atoms with van der Waals surface area (Å²) in [6.45, 7) is 5.32. The van der Waals surface area contributed by atoms with Crippen molar-refractivity contribution in [3.63, 3.8) is 0 Å². The van der Waals surface area contributed by atoms with Crippen molar-refractivity contribution in [1.82, 2.24) is 45.3 Å². The minimum atomic E-state index is -1.03. The Hall–Kier alpha value is -7.51. The Balaban J connectivity index is 0.897. The number of aromatic nitrogens is 4. The van der Waals surface area contributed by atoms with Gasteiger partial charge in [0.25, 0.3) is 11.8 Å². The van der Waals surface area contributed by atoms with Crippen LogP contribution in [0.3, 0.4) is 0 Å². The van der Waals surface area contributed by atoms with Crippen molar-refractivity contribution >= 4 is 57.8 Å². The Morgan fingerprint density at radius 3 is 1.69 bits per heavy atom. The number of ether oxygens (including phenoxy) is 4. The number of alkyl carbamates (subject to hydrolysis) is 2. The summed E-state index contributed by atoms with van der Waals surface area (Å²) in [5, 5.41) is 5.33. The van der Waals surface area contributed by atoms with E-state index in [9.17, 15) is 24.0 Å². The van der Waals surface area contributed by atoms with Crippen LogP contribution in [0.2, 0.25) is 0 Å². The third kappa shape index (κ3) is 7.92. The maximum atomic E-state index is 14.1. The number of benzene rings is 4. The van der Waals surface area contributed by atoms with Gasteiger partial charge in [0.15, 0.2) is 0 Å². The van der Waals surface area contributed by atoms with Gasteiger partial charge < -0.3 is 54.2 Å². The van der Waals surface area contributed by atoms with Crippen molar-refractivity contribution in [2.75, 3.05) is 58.9 Å². The van der Waals surface area contributed by atoms with Gasteiger partial charge in [-0.3, -0.25) is 14.5 Å². The molecule has 3 aliphatic rings. The van der Waals surface area contributed by atoms with E-state index >= 15 is 0 Å². The normalized spacial score (nSPS) is 20.6. The largest absolute Gasteiger partial charge is 0.453 e. The fourth-order valence-electron chi connectivity index (χ4n) is 8.67. The number of methoxy groups -OCH3 is 2. The molecule has 4 aromatic carbocycles. The molecule has 4 atom stereocenters. The van der Waals surface area contributed by atoms with Gasteiger partial charge in [0.05, 0.1) is 49.5 Å². The lowest BCUT2D eigenvalue weighted by molar-refractivity contribution is -0.139.